The van der Waals surface area contributed by atoms with E-state index < -0.39 is 0 Å². The van der Waals surface area contributed by atoms with Gasteiger partial charge >= 0.3 is 0 Å². The molecule has 0 N–H and O–H groups in total. The van der Waals surface area contributed by atoms with Crippen molar-refractivity contribution in [2.75, 3.05) is 0 Å². The lowest BCUT2D eigenvalue weighted by Gasteiger charge is -2.12. The van der Waals surface area contributed by atoms with Gasteiger partial charge in [0.15, 0.2) is 52.4 Å². The average molecular weight is 1570 g/mol. The predicted octanol–water partition coefficient (Wildman–Crippen LogP) is 27.7. The summed E-state index contributed by atoms with van der Waals surface area (Å²) in [6.07, 6.45) is 2.51. The molecule has 0 fully saturated rings. The standard InChI is InChI=1S/2C40H27N3.C34H23N3/c1-4-13-27(14-5-1)30-19-10-20-31(25-30)39-41-38(29-17-8-3-9-18-29)42-40(43-39)35-24-12-23-34-33-22-11-21-32(36(33)26-37(34)35)28-15-6-2-7-16-28;1-4-12-27(13-5-1)28-22-24-31(25-23-28)39-41-38(30-16-8-3-9-17-30)42-40(43-39)35-21-11-20-34-33-19-10-18-32(36(33)26-37(34)35)29-14-6-2-7-15-29;1-4-12-23(13-5-1)26-18-10-19-27-28-20-11-21-29(31(28)22-30(26)27)34-36-32(24-14-6-2-7-15-24)35-33(37-34)25-16-8-3-9-17-25/h2*1-25H,26H2;1-21H,22H2. The van der Waals surface area contributed by atoms with Gasteiger partial charge in [0.1, 0.15) is 0 Å². The van der Waals surface area contributed by atoms with Gasteiger partial charge in [0.05, 0.1) is 0 Å². The second-order valence-electron chi connectivity index (χ2n) is 30.9. The van der Waals surface area contributed by atoms with E-state index in [1.807, 2.05) is 109 Å². The van der Waals surface area contributed by atoms with E-state index in [0.29, 0.717) is 52.4 Å². The van der Waals surface area contributed by atoms with Gasteiger partial charge in [-0.25, -0.2) is 44.9 Å². The average Bonchev–Trinajstić information content (AvgIpc) is 1.62. The molecule has 0 bridgehead atoms. The number of hydrogen-bond donors (Lipinski definition) is 0. The fraction of sp³-hybridized carbons (Fsp3) is 0.0263. The Hall–Kier alpha value is -16.2. The Labute approximate surface area is 715 Å². The van der Waals surface area contributed by atoms with Crippen LogP contribution in [0.2, 0.25) is 0 Å². The van der Waals surface area contributed by atoms with E-state index in [-0.39, 0.29) is 0 Å². The predicted molar refractivity (Wildman–Crippen MR) is 500 cm³/mol. The van der Waals surface area contributed by atoms with Crippen molar-refractivity contribution >= 4 is 0 Å². The second-order valence-corrected chi connectivity index (χ2v) is 30.9. The van der Waals surface area contributed by atoms with Crippen LogP contribution < -0.4 is 0 Å². The van der Waals surface area contributed by atoms with Gasteiger partial charge in [-0.1, -0.05) is 425 Å². The van der Waals surface area contributed by atoms with Crippen LogP contribution in [0.4, 0.5) is 0 Å². The summed E-state index contributed by atoms with van der Waals surface area (Å²) in [6.45, 7) is 0. The van der Waals surface area contributed by atoms with E-state index in [4.69, 9.17) is 44.9 Å². The third-order valence-corrected chi connectivity index (χ3v) is 23.5. The van der Waals surface area contributed by atoms with Crippen molar-refractivity contribution in [3.05, 3.63) is 464 Å². The van der Waals surface area contributed by atoms with Gasteiger partial charge in [-0.05, 0) is 128 Å². The first kappa shape index (κ1) is 74.3. The quantitative estimate of drug-likeness (QED) is 0.105. The molecule has 9 nitrogen and oxygen atoms in total. The molecular weight excluding hydrogens is 1500 g/mol. The number of hydrogen-bond acceptors (Lipinski definition) is 9. The topological polar surface area (TPSA) is 116 Å². The van der Waals surface area contributed by atoms with Gasteiger partial charge in [0.2, 0.25) is 0 Å². The van der Waals surface area contributed by atoms with Crippen molar-refractivity contribution in [3.8, 4) is 192 Å². The molecule has 0 radical (unpaired) electrons. The molecule has 9 heteroatoms. The molecule has 17 aromatic carbocycles. The van der Waals surface area contributed by atoms with E-state index in [0.717, 1.165) is 86.0 Å². The fourth-order valence-electron chi connectivity index (χ4n) is 17.5. The largest absolute Gasteiger partial charge is 0.208 e. The smallest absolute Gasteiger partial charge is 0.164 e. The van der Waals surface area contributed by atoms with Crippen LogP contribution in [0.5, 0.6) is 0 Å². The lowest BCUT2D eigenvalue weighted by molar-refractivity contribution is 1.07. The Morgan fingerprint density at radius 1 is 0.106 bits per heavy atom. The van der Waals surface area contributed by atoms with Gasteiger partial charge < -0.3 is 0 Å². The second kappa shape index (κ2) is 33.3. The van der Waals surface area contributed by atoms with Gasteiger partial charge in [-0.3, -0.25) is 0 Å². The maximum atomic E-state index is 5.13. The molecule has 20 aromatic rings. The van der Waals surface area contributed by atoms with Crippen LogP contribution in [0.3, 0.4) is 0 Å². The highest BCUT2D eigenvalue weighted by Crippen LogP contribution is 2.49. The molecule has 3 heterocycles. The van der Waals surface area contributed by atoms with Crippen LogP contribution >= 0.6 is 0 Å². The number of nitrogens with zero attached hydrogens (tertiary/aromatic N) is 9. The molecule has 0 aliphatic heterocycles. The van der Waals surface area contributed by atoms with Crippen molar-refractivity contribution in [2.45, 2.75) is 19.3 Å². The minimum absolute atomic E-state index is 0.666. The lowest BCUT2D eigenvalue weighted by atomic mass is 9.96. The minimum Gasteiger partial charge on any atom is -0.208 e. The van der Waals surface area contributed by atoms with Crippen molar-refractivity contribution in [1.29, 1.82) is 0 Å². The molecule has 0 spiro atoms. The molecule has 0 saturated carbocycles. The van der Waals surface area contributed by atoms with E-state index in [1.54, 1.807) is 0 Å². The highest BCUT2D eigenvalue weighted by atomic mass is 15.1. The third-order valence-electron chi connectivity index (χ3n) is 23.5. The molecule has 123 heavy (non-hydrogen) atoms. The maximum Gasteiger partial charge on any atom is 0.164 e. The Balaban J connectivity index is 0.000000114. The highest BCUT2D eigenvalue weighted by molar-refractivity contribution is 5.93. The van der Waals surface area contributed by atoms with Crippen LogP contribution in [-0.2, 0) is 19.3 Å². The zero-order valence-electron chi connectivity index (χ0n) is 67.1. The van der Waals surface area contributed by atoms with Crippen LogP contribution in [0, 0.1) is 0 Å². The van der Waals surface area contributed by atoms with E-state index in [9.17, 15) is 0 Å². The number of rotatable bonds is 14. The Morgan fingerprint density at radius 3 is 0.545 bits per heavy atom. The molecule has 0 amide bonds. The minimum atomic E-state index is 0.666. The molecule has 578 valence electrons. The van der Waals surface area contributed by atoms with Crippen molar-refractivity contribution in [2.24, 2.45) is 0 Å². The third kappa shape index (κ3) is 15.0. The van der Waals surface area contributed by atoms with Gasteiger partial charge in [-0.15, -0.1) is 0 Å². The van der Waals surface area contributed by atoms with Gasteiger partial charge in [0.25, 0.3) is 0 Å². The molecule has 0 atom stereocenters. The Bertz CT molecular complexity index is 7210. The summed E-state index contributed by atoms with van der Waals surface area (Å²) in [6, 6.07) is 150. The van der Waals surface area contributed by atoms with E-state index in [2.05, 4.69) is 322 Å². The normalized spacial score (nSPS) is 11.6. The molecule has 23 rings (SSSR count). The monoisotopic (exact) mass is 1570 g/mol. The fourth-order valence-corrected chi connectivity index (χ4v) is 17.5. The Kier molecular flexibility index (Phi) is 20.1. The maximum absolute atomic E-state index is 5.13. The van der Waals surface area contributed by atoms with Gasteiger partial charge in [-0.2, -0.15) is 0 Å². The van der Waals surface area contributed by atoms with Crippen molar-refractivity contribution in [3.63, 3.8) is 0 Å². The number of aromatic nitrogens is 9. The zero-order chi connectivity index (χ0) is 81.8. The molecular formula is C114H77N9. The van der Waals surface area contributed by atoms with Crippen LogP contribution in [-0.4, -0.2) is 44.9 Å². The first-order chi connectivity index (χ1) is 61.0. The van der Waals surface area contributed by atoms with Gasteiger partial charge in [0, 0.05) is 69.3 Å². The zero-order valence-corrected chi connectivity index (χ0v) is 67.1. The number of benzene rings is 17. The first-order valence-corrected chi connectivity index (χ1v) is 41.7. The molecule has 3 aliphatic rings. The highest BCUT2D eigenvalue weighted by Gasteiger charge is 2.30. The first-order valence-electron chi connectivity index (χ1n) is 41.7. The molecule has 0 saturated heterocycles. The summed E-state index contributed by atoms with van der Waals surface area (Å²) < 4.78 is 0. The summed E-state index contributed by atoms with van der Waals surface area (Å²) in [4.78, 5) is 45.2. The van der Waals surface area contributed by atoms with Crippen LogP contribution in [0.25, 0.3) is 192 Å². The summed E-state index contributed by atoms with van der Waals surface area (Å²) in [5.41, 5.74) is 36.6. The van der Waals surface area contributed by atoms with Crippen LogP contribution in [0.15, 0.2) is 431 Å². The summed E-state index contributed by atoms with van der Waals surface area (Å²) in [5, 5.41) is 0. The number of fused-ring (bicyclic) bond motifs is 9. The van der Waals surface area contributed by atoms with Crippen LogP contribution in [0.1, 0.15) is 33.4 Å². The van der Waals surface area contributed by atoms with E-state index in [1.165, 1.54) is 106 Å². The van der Waals surface area contributed by atoms with Crippen molar-refractivity contribution < 1.29 is 0 Å². The summed E-state index contributed by atoms with van der Waals surface area (Å²) in [5.74, 6) is 6.14. The SMILES string of the molecule is c1ccc(-c2ccc(-c3nc(-c4ccccc4)nc(-c4cccc5c4Cc4c(-c6ccccc6)cccc4-5)n3)cc2)cc1.c1ccc(-c2cccc(-c3nc(-c4ccccc4)nc(-c4cccc5c4Cc4c(-c6ccccc6)cccc4-5)n3)c2)cc1.c1ccc(-c2nc(-c3ccccc3)nc(-c3cccc4c3Cc3c(-c5ccccc5)cccc3-4)n2)cc1. The molecule has 3 aliphatic carbocycles. The Morgan fingerprint density at radius 2 is 0.268 bits per heavy atom. The van der Waals surface area contributed by atoms with E-state index >= 15 is 0 Å². The molecule has 0 unspecified atom stereocenters. The summed E-state index contributed by atoms with van der Waals surface area (Å²) >= 11 is 0. The molecule has 3 aromatic heterocycles. The van der Waals surface area contributed by atoms with Crippen molar-refractivity contribution in [1.82, 2.24) is 44.9 Å². The summed E-state index contributed by atoms with van der Waals surface area (Å²) in [7, 11) is 0. The lowest BCUT2D eigenvalue weighted by Crippen LogP contribution is -2.02.